The van der Waals surface area contributed by atoms with E-state index >= 15 is 0 Å². The highest BCUT2D eigenvalue weighted by Crippen LogP contribution is 2.32. The fraction of sp³-hybridized carbons (Fsp3) is 0.400. The van der Waals surface area contributed by atoms with Crippen molar-refractivity contribution in [3.05, 3.63) is 47.0 Å². The molecule has 0 fully saturated rings. The summed E-state index contributed by atoms with van der Waals surface area (Å²) in [5.74, 6) is 1.82. The lowest BCUT2D eigenvalue weighted by molar-refractivity contribution is 0.354. The Hall–Kier alpha value is -2.25. The van der Waals surface area contributed by atoms with Gasteiger partial charge in [0.25, 0.3) is 0 Å². The molecule has 2 aromatic carbocycles. The SMILES string of the molecule is CCC(NS(=O)(=O)c1cc(C)c(OC)cc1C)c1ccc(OC)c(OC)c1. The summed E-state index contributed by atoms with van der Waals surface area (Å²) in [6.07, 6.45) is 0.586. The predicted molar refractivity (Wildman–Crippen MR) is 105 cm³/mol. The second-order valence-corrected chi connectivity index (χ2v) is 7.97. The highest BCUT2D eigenvalue weighted by molar-refractivity contribution is 7.89. The Kier molecular flexibility index (Phi) is 6.73. The van der Waals surface area contributed by atoms with Crippen LogP contribution in [0, 0.1) is 13.8 Å². The van der Waals surface area contributed by atoms with Crippen LogP contribution < -0.4 is 18.9 Å². The van der Waals surface area contributed by atoms with Gasteiger partial charge in [0.1, 0.15) is 5.75 Å². The van der Waals surface area contributed by atoms with E-state index in [1.807, 2.05) is 19.9 Å². The van der Waals surface area contributed by atoms with Gasteiger partial charge < -0.3 is 14.2 Å². The smallest absolute Gasteiger partial charge is 0.241 e. The van der Waals surface area contributed by atoms with E-state index in [0.29, 0.717) is 29.2 Å². The standard InChI is InChI=1S/C20H27NO5S/c1-7-16(15-8-9-17(24-4)19(12-15)26-6)21-27(22,23)20-11-13(2)18(25-5)10-14(20)3/h8-12,16,21H,7H2,1-6H3. The second-order valence-electron chi connectivity index (χ2n) is 6.28. The minimum absolute atomic E-state index is 0.250. The molecule has 0 amide bonds. The summed E-state index contributed by atoms with van der Waals surface area (Å²) in [4.78, 5) is 0.250. The maximum Gasteiger partial charge on any atom is 0.241 e. The molecule has 7 heteroatoms. The fourth-order valence-corrected chi connectivity index (χ4v) is 4.60. The van der Waals surface area contributed by atoms with Crippen LogP contribution in [0.2, 0.25) is 0 Å². The lowest BCUT2D eigenvalue weighted by Crippen LogP contribution is -2.29. The molecule has 0 saturated heterocycles. The Morgan fingerprint density at radius 3 is 2.07 bits per heavy atom. The van der Waals surface area contributed by atoms with Crippen LogP contribution in [0.4, 0.5) is 0 Å². The van der Waals surface area contributed by atoms with Crippen molar-refractivity contribution in [1.29, 1.82) is 0 Å². The first-order chi connectivity index (χ1) is 12.8. The number of methoxy groups -OCH3 is 3. The van der Waals surface area contributed by atoms with Gasteiger partial charge in [-0.05, 0) is 61.2 Å². The van der Waals surface area contributed by atoms with Crippen LogP contribution in [0.25, 0.3) is 0 Å². The largest absolute Gasteiger partial charge is 0.496 e. The molecule has 2 aromatic rings. The Morgan fingerprint density at radius 1 is 0.889 bits per heavy atom. The van der Waals surface area contributed by atoms with Crippen LogP contribution in [-0.4, -0.2) is 29.7 Å². The zero-order valence-corrected chi connectivity index (χ0v) is 17.4. The molecular weight excluding hydrogens is 366 g/mol. The summed E-state index contributed by atoms with van der Waals surface area (Å²) in [5, 5.41) is 0. The van der Waals surface area contributed by atoms with Crippen LogP contribution in [-0.2, 0) is 10.0 Å². The number of rotatable bonds is 8. The fourth-order valence-electron chi connectivity index (χ4n) is 2.98. The van der Waals surface area contributed by atoms with Crippen molar-refractivity contribution in [3.63, 3.8) is 0 Å². The van der Waals surface area contributed by atoms with E-state index in [9.17, 15) is 8.42 Å². The summed E-state index contributed by atoms with van der Waals surface area (Å²) < 4.78 is 44.7. The minimum Gasteiger partial charge on any atom is -0.496 e. The maximum absolute atomic E-state index is 13.0. The van der Waals surface area contributed by atoms with Crippen molar-refractivity contribution in [1.82, 2.24) is 4.72 Å². The molecule has 0 aliphatic carbocycles. The van der Waals surface area contributed by atoms with Gasteiger partial charge in [0, 0.05) is 6.04 Å². The van der Waals surface area contributed by atoms with Gasteiger partial charge in [-0.15, -0.1) is 0 Å². The Balaban J connectivity index is 2.39. The predicted octanol–water partition coefficient (Wildman–Crippen LogP) is 3.76. The minimum atomic E-state index is -3.71. The van der Waals surface area contributed by atoms with E-state index in [2.05, 4.69) is 4.72 Å². The zero-order chi connectivity index (χ0) is 20.2. The molecule has 27 heavy (non-hydrogen) atoms. The molecule has 148 valence electrons. The van der Waals surface area contributed by atoms with Gasteiger partial charge in [0.2, 0.25) is 10.0 Å². The van der Waals surface area contributed by atoms with Gasteiger partial charge >= 0.3 is 0 Å². The first-order valence-corrected chi connectivity index (χ1v) is 10.1. The van der Waals surface area contributed by atoms with Crippen LogP contribution in [0.1, 0.15) is 36.1 Å². The van der Waals surface area contributed by atoms with Gasteiger partial charge in [0.05, 0.1) is 26.2 Å². The van der Waals surface area contributed by atoms with Crippen molar-refractivity contribution in [2.24, 2.45) is 0 Å². The summed E-state index contributed by atoms with van der Waals surface area (Å²) in [6.45, 7) is 5.51. The molecule has 1 N–H and O–H groups in total. The quantitative estimate of drug-likeness (QED) is 0.739. The third kappa shape index (κ3) is 4.54. The van der Waals surface area contributed by atoms with Crippen molar-refractivity contribution in [3.8, 4) is 17.2 Å². The normalized spacial score (nSPS) is 12.5. The monoisotopic (exact) mass is 393 g/mol. The van der Waals surface area contributed by atoms with Crippen LogP contribution >= 0.6 is 0 Å². The highest BCUT2D eigenvalue weighted by atomic mass is 32.2. The van der Waals surface area contributed by atoms with Gasteiger partial charge in [-0.2, -0.15) is 0 Å². The van der Waals surface area contributed by atoms with E-state index in [0.717, 1.165) is 11.1 Å². The van der Waals surface area contributed by atoms with Crippen LogP contribution in [0.5, 0.6) is 17.2 Å². The second kappa shape index (κ2) is 8.63. The molecule has 0 aliphatic rings. The van der Waals surface area contributed by atoms with Crippen molar-refractivity contribution in [2.75, 3.05) is 21.3 Å². The van der Waals surface area contributed by atoms with Gasteiger partial charge in [-0.1, -0.05) is 13.0 Å². The Morgan fingerprint density at radius 2 is 1.52 bits per heavy atom. The third-order valence-corrected chi connectivity index (χ3v) is 6.11. The molecule has 1 unspecified atom stereocenters. The highest BCUT2D eigenvalue weighted by Gasteiger charge is 2.24. The lowest BCUT2D eigenvalue weighted by atomic mass is 10.1. The molecule has 0 aliphatic heterocycles. The van der Waals surface area contributed by atoms with Gasteiger partial charge in [0.15, 0.2) is 11.5 Å². The molecule has 0 aromatic heterocycles. The number of aryl methyl sites for hydroxylation is 2. The molecule has 0 saturated carbocycles. The number of benzene rings is 2. The molecule has 6 nitrogen and oxygen atoms in total. The van der Waals surface area contributed by atoms with Gasteiger partial charge in [-0.25, -0.2) is 13.1 Å². The summed E-state index contributed by atoms with van der Waals surface area (Å²) in [7, 11) is 0.971. The number of nitrogens with one attached hydrogen (secondary N) is 1. The third-order valence-electron chi connectivity index (χ3n) is 4.50. The number of ether oxygens (including phenoxy) is 3. The summed E-state index contributed by atoms with van der Waals surface area (Å²) in [6, 6.07) is 8.38. The Labute approximate surface area is 161 Å². The molecule has 2 rings (SSSR count). The molecular formula is C20H27NO5S. The first kappa shape index (κ1) is 21.1. The first-order valence-electron chi connectivity index (χ1n) is 8.66. The molecule has 1 atom stereocenters. The summed E-state index contributed by atoms with van der Waals surface area (Å²) in [5.41, 5.74) is 2.20. The van der Waals surface area contributed by atoms with Crippen molar-refractivity contribution >= 4 is 10.0 Å². The van der Waals surface area contributed by atoms with Crippen molar-refractivity contribution < 1.29 is 22.6 Å². The number of sulfonamides is 1. The maximum atomic E-state index is 13.0. The van der Waals surface area contributed by atoms with E-state index in [1.165, 1.54) is 0 Å². The Bertz CT molecular complexity index is 909. The van der Waals surface area contributed by atoms with E-state index in [-0.39, 0.29) is 4.90 Å². The molecule has 0 radical (unpaired) electrons. The lowest BCUT2D eigenvalue weighted by Gasteiger charge is -2.20. The average Bonchev–Trinajstić information content (AvgIpc) is 2.66. The number of hydrogen-bond donors (Lipinski definition) is 1. The zero-order valence-electron chi connectivity index (χ0n) is 16.6. The average molecular weight is 394 g/mol. The van der Waals surface area contributed by atoms with Crippen LogP contribution in [0.3, 0.4) is 0 Å². The summed E-state index contributed by atoms with van der Waals surface area (Å²) >= 11 is 0. The van der Waals surface area contributed by atoms with E-state index < -0.39 is 16.1 Å². The van der Waals surface area contributed by atoms with Crippen LogP contribution in [0.15, 0.2) is 35.2 Å². The molecule has 0 spiro atoms. The van der Waals surface area contributed by atoms with E-state index in [4.69, 9.17) is 14.2 Å². The van der Waals surface area contributed by atoms with Crippen molar-refractivity contribution in [2.45, 2.75) is 38.1 Å². The number of hydrogen-bond acceptors (Lipinski definition) is 5. The molecule has 0 heterocycles. The van der Waals surface area contributed by atoms with E-state index in [1.54, 1.807) is 52.5 Å². The van der Waals surface area contributed by atoms with Gasteiger partial charge in [-0.3, -0.25) is 0 Å². The molecule has 0 bridgehead atoms. The topological polar surface area (TPSA) is 73.9 Å².